The van der Waals surface area contributed by atoms with E-state index in [0.717, 1.165) is 32.2 Å². The van der Waals surface area contributed by atoms with E-state index < -0.39 is 0 Å². The number of rotatable bonds is 6. The van der Waals surface area contributed by atoms with Gasteiger partial charge >= 0.3 is 6.09 Å². The van der Waals surface area contributed by atoms with Crippen LogP contribution < -0.4 is 0 Å². The zero-order valence-corrected chi connectivity index (χ0v) is 10.6. The van der Waals surface area contributed by atoms with Crippen LogP contribution >= 0.6 is 22.9 Å². The second-order valence-electron chi connectivity index (χ2n) is 2.80. The molecule has 1 amide bonds. The van der Waals surface area contributed by atoms with E-state index in [4.69, 9.17) is 11.2 Å². The van der Waals surface area contributed by atoms with Gasteiger partial charge in [0.05, 0.1) is 29.5 Å². The Bertz CT molecular complexity index is 201. The summed E-state index contributed by atoms with van der Waals surface area (Å²) >= 11 is 1.97. The van der Waals surface area contributed by atoms with E-state index in [1.54, 1.807) is 10.0 Å². The molecular formula is C10H16INO2. The third-order valence-electron chi connectivity index (χ3n) is 1.64. The van der Waals surface area contributed by atoms with Gasteiger partial charge in [-0.3, -0.25) is 0 Å². The van der Waals surface area contributed by atoms with Crippen molar-refractivity contribution < 1.29 is 9.53 Å². The number of amides is 1. The van der Waals surface area contributed by atoms with Gasteiger partial charge in [0.25, 0.3) is 0 Å². The van der Waals surface area contributed by atoms with Gasteiger partial charge < -0.3 is 4.74 Å². The molecule has 0 aromatic carbocycles. The van der Waals surface area contributed by atoms with E-state index in [2.05, 4.69) is 5.92 Å². The predicted octanol–water partition coefficient (Wildman–Crippen LogP) is 2.99. The largest absolute Gasteiger partial charge is 0.449 e. The van der Waals surface area contributed by atoms with E-state index in [-0.39, 0.29) is 6.09 Å². The first-order chi connectivity index (χ1) is 6.72. The van der Waals surface area contributed by atoms with Crippen molar-refractivity contribution in [3.8, 4) is 12.3 Å². The van der Waals surface area contributed by atoms with Gasteiger partial charge in [-0.05, 0) is 19.8 Å². The molecule has 0 unspecified atom stereocenters. The summed E-state index contributed by atoms with van der Waals surface area (Å²) in [7, 11) is 0. The SMILES string of the molecule is C#CCCCCCN(I)C(=O)OCC. The molecule has 3 nitrogen and oxygen atoms in total. The highest BCUT2D eigenvalue weighted by Crippen LogP contribution is 2.07. The first-order valence-corrected chi connectivity index (χ1v) is 5.72. The van der Waals surface area contributed by atoms with Crippen molar-refractivity contribution >= 4 is 29.0 Å². The molecule has 0 aliphatic heterocycles. The zero-order valence-electron chi connectivity index (χ0n) is 8.46. The maximum atomic E-state index is 11.1. The van der Waals surface area contributed by atoms with Crippen LogP contribution in [-0.4, -0.2) is 22.4 Å². The van der Waals surface area contributed by atoms with E-state index in [9.17, 15) is 4.79 Å². The molecule has 0 atom stereocenters. The summed E-state index contributed by atoms with van der Waals surface area (Å²) in [6, 6.07) is 0. The number of hydrogen-bond donors (Lipinski definition) is 0. The summed E-state index contributed by atoms with van der Waals surface area (Å²) < 4.78 is 6.40. The Morgan fingerprint density at radius 3 is 2.79 bits per heavy atom. The van der Waals surface area contributed by atoms with E-state index in [1.807, 2.05) is 22.9 Å². The lowest BCUT2D eigenvalue weighted by atomic mass is 10.2. The number of ether oxygens (including phenoxy) is 1. The Balaban J connectivity index is 3.39. The maximum absolute atomic E-state index is 11.1. The topological polar surface area (TPSA) is 29.5 Å². The normalized spacial score (nSPS) is 9.21. The fraction of sp³-hybridized carbons (Fsp3) is 0.700. The average Bonchev–Trinajstić information content (AvgIpc) is 2.17. The minimum absolute atomic E-state index is 0.259. The van der Waals surface area contributed by atoms with Gasteiger partial charge in [0.1, 0.15) is 0 Å². The monoisotopic (exact) mass is 309 g/mol. The van der Waals surface area contributed by atoms with Gasteiger partial charge in [0.2, 0.25) is 0 Å². The summed E-state index contributed by atoms with van der Waals surface area (Å²) in [5, 5.41) is 0. The van der Waals surface area contributed by atoms with Crippen LogP contribution in [0.25, 0.3) is 0 Å². The number of hydrogen-bond acceptors (Lipinski definition) is 2. The lowest BCUT2D eigenvalue weighted by Gasteiger charge is -2.13. The molecule has 0 aromatic heterocycles. The van der Waals surface area contributed by atoms with Gasteiger partial charge in [0.15, 0.2) is 0 Å². The molecule has 0 saturated carbocycles. The maximum Gasteiger partial charge on any atom is 0.418 e. The molecule has 0 saturated heterocycles. The molecule has 0 heterocycles. The van der Waals surface area contributed by atoms with E-state index in [0.29, 0.717) is 6.61 Å². The highest BCUT2D eigenvalue weighted by molar-refractivity contribution is 14.1. The fourth-order valence-corrected chi connectivity index (χ4v) is 1.42. The van der Waals surface area contributed by atoms with Crippen LogP contribution in [0.3, 0.4) is 0 Å². The lowest BCUT2D eigenvalue weighted by molar-refractivity contribution is 0.137. The lowest BCUT2D eigenvalue weighted by Crippen LogP contribution is -2.22. The number of terminal acetylenes is 1. The molecule has 14 heavy (non-hydrogen) atoms. The molecule has 0 fully saturated rings. The second kappa shape index (κ2) is 9.13. The van der Waals surface area contributed by atoms with E-state index in [1.165, 1.54) is 0 Å². The quantitative estimate of drug-likeness (QED) is 0.327. The Labute approximate surface area is 99.7 Å². The standard InChI is InChI=1S/C10H16INO2/c1-3-5-6-7-8-9-12(11)10(13)14-4-2/h1H,4-9H2,2H3. The van der Waals surface area contributed by atoms with Crippen molar-refractivity contribution in [2.45, 2.75) is 32.6 Å². The molecule has 0 radical (unpaired) electrons. The van der Waals surface area contributed by atoms with Crippen LogP contribution in [0, 0.1) is 12.3 Å². The summed E-state index contributed by atoms with van der Waals surface area (Å²) in [5.41, 5.74) is 0. The van der Waals surface area contributed by atoms with Crippen LogP contribution in [0.5, 0.6) is 0 Å². The number of carbonyl (C=O) groups is 1. The highest BCUT2D eigenvalue weighted by Gasteiger charge is 2.09. The van der Waals surface area contributed by atoms with Crippen molar-refractivity contribution in [1.29, 1.82) is 0 Å². The smallest absolute Gasteiger partial charge is 0.418 e. The zero-order chi connectivity index (χ0) is 10.8. The van der Waals surface area contributed by atoms with Crippen molar-refractivity contribution in [3.05, 3.63) is 0 Å². The van der Waals surface area contributed by atoms with Crippen LogP contribution in [0.2, 0.25) is 0 Å². The number of halogens is 1. The third-order valence-corrected chi connectivity index (χ3v) is 2.52. The number of carbonyl (C=O) groups excluding carboxylic acids is 1. The third kappa shape index (κ3) is 7.01. The van der Waals surface area contributed by atoms with Gasteiger partial charge in [0, 0.05) is 13.0 Å². The molecule has 0 aromatic rings. The summed E-state index contributed by atoms with van der Waals surface area (Å²) in [6.45, 7) is 2.95. The molecule has 4 heteroatoms. The Morgan fingerprint density at radius 2 is 2.21 bits per heavy atom. The summed E-state index contributed by atoms with van der Waals surface area (Å²) in [6.07, 6.45) is 8.75. The Hall–Kier alpha value is -0.440. The number of nitrogens with zero attached hydrogens (tertiary/aromatic N) is 1. The van der Waals surface area contributed by atoms with Gasteiger partial charge in [-0.1, -0.05) is 6.42 Å². The minimum atomic E-state index is -0.259. The second-order valence-corrected chi connectivity index (χ2v) is 3.96. The van der Waals surface area contributed by atoms with E-state index >= 15 is 0 Å². The first-order valence-electron chi connectivity index (χ1n) is 4.76. The highest BCUT2D eigenvalue weighted by atomic mass is 127. The minimum Gasteiger partial charge on any atom is -0.449 e. The predicted molar refractivity (Wildman–Crippen MR) is 65.0 cm³/mol. The van der Waals surface area contributed by atoms with Crippen molar-refractivity contribution in [3.63, 3.8) is 0 Å². The van der Waals surface area contributed by atoms with Crippen molar-refractivity contribution in [2.75, 3.05) is 13.2 Å². The molecule has 0 aliphatic carbocycles. The molecular weight excluding hydrogens is 293 g/mol. The van der Waals surface area contributed by atoms with Gasteiger partial charge in [-0.25, -0.2) is 7.91 Å². The van der Waals surface area contributed by atoms with Crippen LogP contribution in [-0.2, 0) is 4.74 Å². The van der Waals surface area contributed by atoms with Crippen molar-refractivity contribution in [2.24, 2.45) is 0 Å². The Kier molecular flexibility index (Phi) is 8.84. The molecule has 0 spiro atoms. The van der Waals surface area contributed by atoms with Gasteiger partial charge in [-0.2, -0.15) is 0 Å². The van der Waals surface area contributed by atoms with Crippen LogP contribution in [0.4, 0.5) is 4.79 Å². The van der Waals surface area contributed by atoms with Gasteiger partial charge in [-0.15, -0.1) is 12.3 Å². The van der Waals surface area contributed by atoms with Crippen molar-refractivity contribution in [1.82, 2.24) is 3.11 Å². The summed E-state index contributed by atoms with van der Waals surface area (Å²) in [4.78, 5) is 11.1. The van der Waals surface area contributed by atoms with Crippen LogP contribution in [0.15, 0.2) is 0 Å². The fourth-order valence-electron chi connectivity index (χ4n) is 0.939. The molecule has 0 N–H and O–H groups in total. The number of unbranched alkanes of at least 4 members (excludes halogenated alkanes) is 3. The first kappa shape index (κ1) is 13.6. The molecule has 80 valence electrons. The summed E-state index contributed by atoms with van der Waals surface area (Å²) in [5.74, 6) is 2.59. The molecule has 0 rings (SSSR count). The average molecular weight is 309 g/mol. The van der Waals surface area contributed by atoms with Crippen LogP contribution in [0.1, 0.15) is 32.6 Å². The Morgan fingerprint density at radius 1 is 1.50 bits per heavy atom. The molecule has 0 aliphatic rings. The molecule has 0 bridgehead atoms.